The van der Waals surface area contributed by atoms with E-state index >= 15 is 0 Å². The van der Waals surface area contributed by atoms with Crippen molar-refractivity contribution in [1.29, 1.82) is 0 Å². The number of amides is 1. The van der Waals surface area contributed by atoms with E-state index in [1.807, 2.05) is 18.2 Å². The number of rotatable bonds is 5. The van der Waals surface area contributed by atoms with E-state index in [2.05, 4.69) is 22.4 Å². The van der Waals surface area contributed by atoms with Crippen molar-refractivity contribution in [3.05, 3.63) is 64.8 Å². The minimum atomic E-state index is -0.394. The zero-order valence-corrected chi connectivity index (χ0v) is 13.0. The quantitative estimate of drug-likeness (QED) is 0.915. The molecule has 23 heavy (non-hydrogen) atoms. The molecule has 5 nitrogen and oxygen atoms in total. The second-order valence-electron chi connectivity index (χ2n) is 6.08. The number of hydrogen-bond acceptors (Lipinski definition) is 3. The largest absolute Gasteiger partial charge is 0.352 e. The summed E-state index contributed by atoms with van der Waals surface area (Å²) in [4.78, 5) is 27.5. The van der Waals surface area contributed by atoms with Crippen LogP contribution < -0.4 is 11.0 Å². The Balaban J connectivity index is 1.59. The van der Waals surface area contributed by atoms with Crippen LogP contribution in [0.2, 0.25) is 0 Å². The number of hydrogen-bond donors (Lipinski definition) is 1. The molecule has 1 aliphatic carbocycles. The van der Waals surface area contributed by atoms with Gasteiger partial charge in [0, 0.05) is 18.4 Å². The smallest absolute Gasteiger partial charge is 0.347 e. The zero-order valence-electron chi connectivity index (χ0n) is 13.0. The van der Waals surface area contributed by atoms with Crippen molar-refractivity contribution >= 4 is 5.91 Å². The maximum absolute atomic E-state index is 12.2. The Morgan fingerprint density at radius 2 is 2.04 bits per heavy atom. The van der Waals surface area contributed by atoms with Gasteiger partial charge >= 0.3 is 5.69 Å². The van der Waals surface area contributed by atoms with E-state index in [1.165, 1.54) is 16.3 Å². The molecule has 0 radical (unpaired) electrons. The number of carbonyl (C=O) groups is 1. The van der Waals surface area contributed by atoms with Crippen molar-refractivity contribution < 1.29 is 4.79 Å². The van der Waals surface area contributed by atoms with E-state index in [0.717, 1.165) is 25.7 Å². The lowest BCUT2D eigenvalue weighted by molar-refractivity contribution is -0.122. The van der Waals surface area contributed by atoms with Gasteiger partial charge in [-0.3, -0.25) is 9.36 Å². The van der Waals surface area contributed by atoms with Gasteiger partial charge in [0.2, 0.25) is 5.91 Å². The van der Waals surface area contributed by atoms with Gasteiger partial charge in [-0.1, -0.05) is 36.8 Å². The molecule has 0 saturated heterocycles. The van der Waals surface area contributed by atoms with Crippen molar-refractivity contribution in [3.63, 3.8) is 0 Å². The van der Waals surface area contributed by atoms with Gasteiger partial charge in [0.1, 0.15) is 6.54 Å². The standard InChI is InChI=1S/C18H21N3O2/c22-17(13-21-11-5-10-19-18(21)23)20-16-9-4-8-15(16)12-14-6-2-1-3-7-14/h1-3,5-7,10-11,15-16H,4,8-9,12-13H2,(H,20,22)/t15-,16-/m1/s1. The average Bonchev–Trinajstić information content (AvgIpc) is 2.97. The molecule has 5 heteroatoms. The second kappa shape index (κ2) is 7.22. The maximum Gasteiger partial charge on any atom is 0.347 e. The Morgan fingerprint density at radius 3 is 2.83 bits per heavy atom. The van der Waals surface area contributed by atoms with Gasteiger partial charge in [-0.25, -0.2) is 9.78 Å². The fourth-order valence-electron chi connectivity index (χ4n) is 3.30. The Bertz CT molecular complexity index is 711. The normalized spacial score (nSPS) is 20.3. The monoisotopic (exact) mass is 311 g/mol. The predicted molar refractivity (Wildman–Crippen MR) is 87.9 cm³/mol. The molecule has 1 amide bonds. The first-order valence-electron chi connectivity index (χ1n) is 8.07. The summed E-state index contributed by atoms with van der Waals surface area (Å²) in [6.45, 7) is 0.0290. The highest BCUT2D eigenvalue weighted by molar-refractivity contribution is 5.76. The predicted octanol–water partition coefficient (Wildman–Crippen LogP) is 1.77. The highest BCUT2D eigenvalue weighted by Crippen LogP contribution is 2.28. The summed E-state index contributed by atoms with van der Waals surface area (Å²) in [6, 6.07) is 12.2. The minimum Gasteiger partial charge on any atom is -0.352 e. The Labute approximate surface area is 135 Å². The van der Waals surface area contributed by atoms with Crippen LogP contribution in [0.3, 0.4) is 0 Å². The third kappa shape index (κ3) is 4.06. The summed E-state index contributed by atoms with van der Waals surface area (Å²) in [5.41, 5.74) is 0.914. The van der Waals surface area contributed by atoms with Crippen LogP contribution >= 0.6 is 0 Å². The molecule has 1 fully saturated rings. The molecule has 0 spiro atoms. The van der Waals surface area contributed by atoms with Gasteiger partial charge < -0.3 is 5.32 Å². The molecule has 1 aromatic carbocycles. The summed E-state index contributed by atoms with van der Waals surface area (Å²) in [5, 5.41) is 3.10. The van der Waals surface area contributed by atoms with E-state index in [0.29, 0.717) is 5.92 Å². The van der Waals surface area contributed by atoms with Crippen LogP contribution in [0.25, 0.3) is 0 Å². The first-order valence-corrected chi connectivity index (χ1v) is 8.07. The molecule has 1 saturated carbocycles. The van der Waals surface area contributed by atoms with E-state index in [4.69, 9.17) is 0 Å². The fourth-order valence-corrected chi connectivity index (χ4v) is 3.30. The lowest BCUT2D eigenvalue weighted by Crippen LogP contribution is -2.41. The second-order valence-corrected chi connectivity index (χ2v) is 6.08. The van der Waals surface area contributed by atoms with Crippen molar-refractivity contribution in [2.24, 2.45) is 5.92 Å². The Morgan fingerprint density at radius 1 is 1.22 bits per heavy atom. The number of benzene rings is 1. The molecule has 1 N–H and O–H groups in total. The fraction of sp³-hybridized carbons (Fsp3) is 0.389. The van der Waals surface area contributed by atoms with Gasteiger partial charge in [-0.2, -0.15) is 0 Å². The van der Waals surface area contributed by atoms with Crippen molar-refractivity contribution in [3.8, 4) is 0 Å². The van der Waals surface area contributed by atoms with Crippen LogP contribution in [0.5, 0.6) is 0 Å². The van der Waals surface area contributed by atoms with Crippen molar-refractivity contribution in [2.75, 3.05) is 0 Å². The molecule has 120 valence electrons. The van der Waals surface area contributed by atoms with E-state index in [9.17, 15) is 9.59 Å². The molecule has 1 aliphatic rings. The van der Waals surface area contributed by atoms with Crippen molar-refractivity contribution in [1.82, 2.24) is 14.9 Å². The van der Waals surface area contributed by atoms with Crippen LogP contribution in [0, 0.1) is 5.92 Å². The number of nitrogens with one attached hydrogen (secondary N) is 1. The number of nitrogens with zero attached hydrogens (tertiary/aromatic N) is 2. The third-order valence-corrected chi connectivity index (χ3v) is 4.44. The van der Waals surface area contributed by atoms with Crippen LogP contribution in [-0.2, 0) is 17.8 Å². The first-order chi connectivity index (χ1) is 11.2. The highest BCUT2D eigenvalue weighted by Gasteiger charge is 2.28. The summed E-state index contributed by atoms with van der Waals surface area (Å²) >= 11 is 0. The van der Waals surface area contributed by atoms with Crippen LogP contribution in [0.4, 0.5) is 0 Å². The molecule has 0 unspecified atom stereocenters. The van der Waals surface area contributed by atoms with Crippen molar-refractivity contribution in [2.45, 2.75) is 38.3 Å². The molecule has 1 heterocycles. The van der Waals surface area contributed by atoms with E-state index in [-0.39, 0.29) is 18.5 Å². The molecule has 3 rings (SSSR count). The number of carbonyl (C=O) groups excluding carboxylic acids is 1. The Kier molecular flexibility index (Phi) is 4.86. The van der Waals surface area contributed by atoms with E-state index < -0.39 is 5.69 Å². The summed E-state index contributed by atoms with van der Waals surface area (Å²) in [7, 11) is 0. The number of aromatic nitrogens is 2. The lowest BCUT2D eigenvalue weighted by Gasteiger charge is -2.21. The van der Waals surface area contributed by atoms with Crippen LogP contribution in [0.1, 0.15) is 24.8 Å². The van der Waals surface area contributed by atoms with E-state index in [1.54, 1.807) is 12.3 Å². The van der Waals surface area contributed by atoms with Crippen LogP contribution in [0.15, 0.2) is 53.6 Å². The molecular weight excluding hydrogens is 290 g/mol. The highest BCUT2D eigenvalue weighted by atomic mass is 16.2. The lowest BCUT2D eigenvalue weighted by atomic mass is 9.94. The molecule has 2 aromatic rings. The molecule has 1 aromatic heterocycles. The van der Waals surface area contributed by atoms with Gasteiger partial charge in [0.15, 0.2) is 0 Å². The topological polar surface area (TPSA) is 64.0 Å². The minimum absolute atomic E-state index is 0.0290. The molecule has 0 bridgehead atoms. The van der Waals surface area contributed by atoms with Gasteiger partial charge in [0.05, 0.1) is 0 Å². The van der Waals surface area contributed by atoms with Gasteiger partial charge in [-0.05, 0) is 36.8 Å². The van der Waals surface area contributed by atoms with Crippen LogP contribution in [-0.4, -0.2) is 21.5 Å². The third-order valence-electron chi connectivity index (χ3n) is 4.44. The SMILES string of the molecule is O=C(Cn1cccnc1=O)N[C@@H]1CCC[C@@H]1Cc1ccccc1. The summed E-state index contributed by atoms with van der Waals surface area (Å²) in [5.74, 6) is 0.344. The Hall–Kier alpha value is -2.43. The van der Waals surface area contributed by atoms with Gasteiger partial charge in [-0.15, -0.1) is 0 Å². The zero-order chi connectivity index (χ0) is 16.1. The molecular formula is C18H21N3O2. The first kappa shape index (κ1) is 15.5. The average molecular weight is 311 g/mol. The molecule has 2 atom stereocenters. The van der Waals surface area contributed by atoms with Gasteiger partial charge in [0.25, 0.3) is 0 Å². The summed E-state index contributed by atoms with van der Waals surface area (Å²) in [6.07, 6.45) is 7.28. The maximum atomic E-state index is 12.2. The summed E-state index contributed by atoms with van der Waals surface area (Å²) < 4.78 is 1.33. The molecule has 0 aliphatic heterocycles.